The normalized spacial score (nSPS) is 14.8. The minimum absolute atomic E-state index is 0.568. The smallest absolute Gasteiger partial charge is 0.328 e. The van der Waals surface area contributed by atoms with Crippen molar-refractivity contribution in [3.05, 3.63) is 36.5 Å². The summed E-state index contributed by atoms with van der Waals surface area (Å²) in [5.74, 6) is -0.942. The second-order valence-electron chi connectivity index (χ2n) is 6.13. The molecule has 2 atom stereocenters. The Morgan fingerprint density at radius 1 is 0.833 bits per heavy atom. The van der Waals surface area contributed by atoms with E-state index in [1.165, 1.54) is 6.08 Å². The average Bonchev–Trinajstić information content (AvgIpc) is 2.55. The summed E-state index contributed by atoms with van der Waals surface area (Å²) in [6.07, 6.45) is 18.8. The number of aliphatic carboxylic acids is 1. The summed E-state index contributed by atoms with van der Waals surface area (Å²) < 4.78 is 0. The highest BCUT2D eigenvalue weighted by Gasteiger charge is 2.14. The Balaban J connectivity index is 3.51. The number of rotatable bonds is 15. The highest BCUT2D eigenvalue weighted by Crippen LogP contribution is 2.13. The Morgan fingerprint density at radius 3 is 2.04 bits per heavy atom. The number of unbranched alkanes of at least 4 members (excludes halogenated alkanes) is 6. The average molecular weight is 338 g/mol. The molecule has 0 radical (unpaired) electrons. The highest BCUT2D eigenvalue weighted by atomic mass is 16.4. The van der Waals surface area contributed by atoms with Gasteiger partial charge >= 0.3 is 5.97 Å². The zero-order valence-corrected chi connectivity index (χ0v) is 14.9. The van der Waals surface area contributed by atoms with Gasteiger partial charge in [-0.2, -0.15) is 0 Å². The first kappa shape index (κ1) is 22.6. The third-order valence-electron chi connectivity index (χ3n) is 3.88. The molecule has 0 saturated heterocycles. The quantitative estimate of drug-likeness (QED) is 0.235. The summed E-state index contributed by atoms with van der Waals surface area (Å²) in [5, 5.41) is 28.1. The van der Waals surface area contributed by atoms with Crippen molar-refractivity contribution in [3.8, 4) is 0 Å². The molecule has 4 nitrogen and oxygen atoms in total. The Hall–Kier alpha value is -1.39. The van der Waals surface area contributed by atoms with E-state index in [1.807, 2.05) is 12.2 Å². The van der Waals surface area contributed by atoms with Crippen LogP contribution in [0, 0.1) is 0 Å². The molecule has 138 valence electrons. The van der Waals surface area contributed by atoms with Crippen LogP contribution in [-0.4, -0.2) is 33.5 Å². The zero-order chi connectivity index (χ0) is 18.0. The molecule has 0 aromatic carbocycles. The zero-order valence-electron chi connectivity index (χ0n) is 14.9. The molecule has 0 spiro atoms. The molecule has 0 aromatic heterocycles. The van der Waals surface area contributed by atoms with Crippen LogP contribution >= 0.6 is 0 Å². The number of aliphatic hydroxyl groups is 2. The van der Waals surface area contributed by atoms with Gasteiger partial charge in [0.2, 0.25) is 0 Å². The van der Waals surface area contributed by atoms with Crippen molar-refractivity contribution in [2.75, 3.05) is 0 Å². The van der Waals surface area contributed by atoms with Gasteiger partial charge in [0.1, 0.15) is 0 Å². The van der Waals surface area contributed by atoms with Gasteiger partial charge in [-0.1, -0.05) is 75.8 Å². The van der Waals surface area contributed by atoms with Crippen molar-refractivity contribution in [1.82, 2.24) is 0 Å². The van der Waals surface area contributed by atoms with Crippen molar-refractivity contribution < 1.29 is 20.1 Å². The van der Waals surface area contributed by atoms with Crippen LogP contribution in [0.5, 0.6) is 0 Å². The second kappa shape index (κ2) is 16.5. The Morgan fingerprint density at radius 2 is 1.42 bits per heavy atom. The first-order valence-corrected chi connectivity index (χ1v) is 9.16. The molecule has 3 N–H and O–H groups in total. The van der Waals surface area contributed by atoms with Crippen LogP contribution in [0.3, 0.4) is 0 Å². The van der Waals surface area contributed by atoms with Crippen LogP contribution in [0.2, 0.25) is 0 Å². The summed E-state index contributed by atoms with van der Waals surface area (Å²) in [6.45, 7) is 2.13. The minimum atomic E-state index is -0.942. The van der Waals surface area contributed by atoms with Gasteiger partial charge in [-0.25, -0.2) is 4.79 Å². The van der Waals surface area contributed by atoms with E-state index in [0.717, 1.165) is 57.4 Å². The van der Waals surface area contributed by atoms with Crippen molar-refractivity contribution in [2.24, 2.45) is 0 Å². The van der Waals surface area contributed by atoms with Gasteiger partial charge in [0.25, 0.3) is 0 Å². The van der Waals surface area contributed by atoms with E-state index in [0.29, 0.717) is 12.8 Å². The Labute approximate surface area is 146 Å². The summed E-state index contributed by atoms with van der Waals surface area (Å²) in [5.41, 5.74) is 0. The summed E-state index contributed by atoms with van der Waals surface area (Å²) in [4.78, 5) is 10.2. The van der Waals surface area contributed by atoms with Crippen molar-refractivity contribution >= 4 is 5.97 Å². The molecule has 0 bridgehead atoms. The second-order valence-corrected chi connectivity index (χ2v) is 6.13. The predicted octanol–water partition coefficient (Wildman–Crippen LogP) is 4.38. The van der Waals surface area contributed by atoms with Crippen molar-refractivity contribution in [2.45, 2.75) is 83.3 Å². The van der Waals surface area contributed by atoms with Gasteiger partial charge in [0.15, 0.2) is 0 Å². The van der Waals surface area contributed by atoms with Gasteiger partial charge < -0.3 is 15.3 Å². The first-order valence-electron chi connectivity index (χ1n) is 9.16. The van der Waals surface area contributed by atoms with E-state index in [4.69, 9.17) is 5.11 Å². The molecule has 0 saturated carbocycles. The lowest BCUT2D eigenvalue weighted by Crippen LogP contribution is -2.25. The lowest BCUT2D eigenvalue weighted by molar-refractivity contribution is -0.131. The Kier molecular flexibility index (Phi) is 15.5. The molecular weight excluding hydrogens is 304 g/mol. The van der Waals surface area contributed by atoms with E-state index < -0.39 is 18.2 Å². The SMILES string of the molecule is CCCCCC(O)C(O)CCCCCC/C=C/C=C/C=C/C(=O)O. The molecule has 0 fully saturated rings. The van der Waals surface area contributed by atoms with Crippen LogP contribution in [0.4, 0.5) is 0 Å². The van der Waals surface area contributed by atoms with Crippen LogP contribution in [0.25, 0.3) is 0 Å². The van der Waals surface area contributed by atoms with E-state index in [-0.39, 0.29) is 0 Å². The molecule has 4 heteroatoms. The summed E-state index contributed by atoms with van der Waals surface area (Å²) in [6, 6.07) is 0. The maximum Gasteiger partial charge on any atom is 0.328 e. The number of hydrogen-bond acceptors (Lipinski definition) is 3. The van der Waals surface area contributed by atoms with E-state index >= 15 is 0 Å². The summed E-state index contributed by atoms with van der Waals surface area (Å²) in [7, 11) is 0. The number of aliphatic hydroxyl groups excluding tert-OH is 2. The fraction of sp³-hybridized carbons (Fsp3) is 0.650. The first-order chi connectivity index (χ1) is 11.6. The molecule has 24 heavy (non-hydrogen) atoms. The van der Waals surface area contributed by atoms with Crippen LogP contribution in [-0.2, 0) is 4.79 Å². The van der Waals surface area contributed by atoms with Gasteiger partial charge in [-0.3, -0.25) is 0 Å². The number of carboxylic acids is 1. The molecule has 0 rings (SSSR count). The standard InChI is InChI=1S/C20H34O4/c1-2-3-12-15-18(21)19(22)16-13-10-8-6-4-5-7-9-11-14-17-20(23)24/h5,7,9,11,14,17-19,21-22H,2-4,6,8,10,12-13,15-16H2,1H3,(H,23,24)/b7-5+,11-9+,17-14+. The van der Waals surface area contributed by atoms with E-state index in [1.54, 1.807) is 6.08 Å². The van der Waals surface area contributed by atoms with Gasteiger partial charge in [-0.05, 0) is 25.7 Å². The molecule has 0 aliphatic heterocycles. The minimum Gasteiger partial charge on any atom is -0.478 e. The van der Waals surface area contributed by atoms with Gasteiger partial charge in [-0.15, -0.1) is 0 Å². The molecular formula is C20H34O4. The number of carbonyl (C=O) groups is 1. The van der Waals surface area contributed by atoms with Crippen LogP contribution in [0.15, 0.2) is 36.5 Å². The molecule has 0 amide bonds. The van der Waals surface area contributed by atoms with E-state index in [9.17, 15) is 15.0 Å². The number of carboxylic acid groups (broad SMARTS) is 1. The third kappa shape index (κ3) is 15.5. The summed E-state index contributed by atoms with van der Waals surface area (Å²) >= 11 is 0. The van der Waals surface area contributed by atoms with E-state index in [2.05, 4.69) is 13.0 Å². The maximum absolute atomic E-state index is 10.2. The van der Waals surface area contributed by atoms with Crippen molar-refractivity contribution in [1.29, 1.82) is 0 Å². The molecule has 0 aliphatic carbocycles. The topological polar surface area (TPSA) is 77.8 Å². The monoisotopic (exact) mass is 338 g/mol. The lowest BCUT2D eigenvalue weighted by Gasteiger charge is -2.17. The fourth-order valence-corrected chi connectivity index (χ4v) is 2.40. The lowest BCUT2D eigenvalue weighted by atomic mass is 10.0. The highest BCUT2D eigenvalue weighted by molar-refractivity contribution is 5.80. The van der Waals surface area contributed by atoms with Gasteiger partial charge in [0, 0.05) is 6.08 Å². The molecule has 0 aromatic rings. The largest absolute Gasteiger partial charge is 0.478 e. The fourth-order valence-electron chi connectivity index (χ4n) is 2.40. The molecule has 0 heterocycles. The molecule has 2 unspecified atom stereocenters. The number of allylic oxidation sites excluding steroid dienone is 5. The van der Waals surface area contributed by atoms with Gasteiger partial charge in [0.05, 0.1) is 12.2 Å². The molecule has 0 aliphatic rings. The maximum atomic E-state index is 10.2. The van der Waals surface area contributed by atoms with Crippen LogP contribution < -0.4 is 0 Å². The third-order valence-corrected chi connectivity index (χ3v) is 3.88. The van der Waals surface area contributed by atoms with Crippen molar-refractivity contribution in [3.63, 3.8) is 0 Å². The van der Waals surface area contributed by atoms with Crippen LogP contribution in [0.1, 0.15) is 71.1 Å². The number of hydrogen-bond donors (Lipinski definition) is 3. The predicted molar refractivity (Wildman–Crippen MR) is 98.9 cm³/mol. The Bertz CT molecular complexity index is 385.